The van der Waals surface area contributed by atoms with Crippen LogP contribution in [0, 0.1) is 5.92 Å². The van der Waals surface area contributed by atoms with Gasteiger partial charge in [0.15, 0.2) is 0 Å². The van der Waals surface area contributed by atoms with Gasteiger partial charge in [-0.05, 0) is 74.1 Å². The van der Waals surface area contributed by atoms with Gasteiger partial charge in [0.25, 0.3) is 12.3 Å². The van der Waals surface area contributed by atoms with E-state index in [4.69, 9.17) is 11.6 Å². The van der Waals surface area contributed by atoms with Crippen LogP contribution in [0.1, 0.15) is 48.2 Å². The Morgan fingerprint density at radius 3 is 2.55 bits per heavy atom. The minimum absolute atomic E-state index is 0.104. The molecule has 7 nitrogen and oxygen atoms in total. The molecule has 1 fully saturated rings. The Hall–Kier alpha value is -4.11. The van der Waals surface area contributed by atoms with Crippen molar-refractivity contribution in [3.63, 3.8) is 0 Å². The normalized spacial score (nSPS) is 17.5. The van der Waals surface area contributed by atoms with Crippen molar-refractivity contribution in [3.8, 4) is 5.69 Å². The number of carbonyl (C=O) groups excluding carboxylic acids is 1. The lowest BCUT2D eigenvalue weighted by atomic mass is 9.85. The van der Waals surface area contributed by atoms with E-state index in [2.05, 4.69) is 15.3 Å². The van der Waals surface area contributed by atoms with Gasteiger partial charge in [0.2, 0.25) is 0 Å². The Morgan fingerprint density at radius 1 is 1.00 bits per heavy atom. The second-order valence-electron chi connectivity index (χ2n) is 10.2. The van der Waals surface area contributed by atoms with Crippen molar-refractivity contribution in [3.05, 3.63) is 99.8 Å². The standard InChI is InChI=1S/C30H26ClF2N5O2/c31-20-15-23(27(28(32)33)35-16-20)29(39)36-21-9-7-18(8-10-21)17-37-25-5-1-2-6-26(25)38(30(37)40)22-11-12-24-19(14-22)4-3-13-34-24/h1-6,11-16,18,21,28H,7-10,17H2,(H,36,39)/t18-,21-. The van der Waals surface area contributed by atoms with E-state index >= 15 is 0 Å². The zero-order valence-corrected chi connectivity index (χ0v) is 22.2. The first-order valence-electron chi connectivity index (χ1n) is 13.2. The number of carbonyl (C=O) groups is 1. The molecule has 0 saturated heterocycles. The molecule has 0 atom stereocenters. The molecule has 6 rings (SSSR count). The average Bonchev–Trinajstić information content (AvgIpc) is 3.24. The zero-order chi connectivity index (χ0) is 27.8. The number of pyridine rings is 2. The molecule has 3 heterocycles. The first-order valence-corrected chi connectivity index (χ1v) is 13.6. The summed E-state index contributed by atoms with van der Waals surface area (Å²) in [6.07, 6.45) is 2.91. The fraction of sp³-hybridized carbons (Fsp3) is 0.267. The van der Waals surface area contributed by atoms with Gasteiger partial charge in [-0.1, -0.05) is 29.8 Å². The largest absolute Gasteiger partial charge is 0.349 e. The second kappa shape index (κ2) is 10.8. The van der Waals surface area contributed by atoms with Crippen LogP contribution in [0.15, 0.2) is 77.9 Å². The predicted octanol–water partition coefficient (Wildman–Crippen LogP) is 6.32. The highest BCUT2D eigenvalue weighted by Crippen LogP contribution is 2.29. The van der Waals surface area contributed by atoms with Crippen LogP contribution in [-0.2, 0) is 6.54 Å². The maximum Gasteiger partial charge on any atom is 0.333 e. The van der Waals surface area contributed by atoms with Gasteiger partial charge in [-0.2, -0.15) is 0 Å². The maximum atomic E-state index is 13.8. The molecular formula is C30H26ClF2N5O2. The smallest absolute Gasteiger partial charge is 0.333 e. The molecule has 3 aromatic heterocycles. The van der Waals surface area contributed by atoms with Crippen LogP contribution in [0.2, 0.25) is 5.02 Å². The number of nitrogens with one attached hydrogen (secondary N) is 1. The first kappa shape index (κ1) is 26.1. The predicted molar refractivity (Wildman–Crippen MR) is 150 cm³/mol. The lowest BCUT2D eigenvalue weighted by Gasteiger charge is -2.29. The van der Waals surface area contributed by atoms with Gasteiger partial charge in [0, 0.05) is 30.4 Å². The van der Waals surface area contributed by atoms with E-state index in [0.717, 1.165) is 46.7 Å². The van der Waals surface area contributed by atoms with E-state index < -0.39 is 18.0 Å². The molecule has 5 aromatic rings. The van der Waals surface area contributed by atoms with Crippen LogP contribution in [0.4, 0.5) is 8.78 Å². The van der Waals surface area contributed by atoms with Gasteiger partial charge >= 0.3 is 5.69 Å². The minimum atomic E-state index is -2.87. The Labute approximate surface area is 233 Å². The molecule has 1 aliphatic rings. The number of hydrogen-bond acceptors (Lipinski definition) is 4. The van der Waals surface area contributed by atoms with E-state index in [9.17, 15) is 18.4 Å². The number of fused-ring (bicyclic) bond motifs is 2. The fourth-order valence-corrected chi connectivity index (χ4v) is 5.81. The van der Waals surface area contributed by atoms with Crippen molar-refractivity contribution in [1.82, 2.24) is 24.4 Å². The Balaban J connectivity index is 1.19. The van der Waals surface area contributed by atoms with E-state index in [1.54, 1.807) is 10.8 Å². The molecule has 0 bridgehead atoms. The highest BCUT2D eigenvalue weighted by Gasteiger charge is 2.27. The molecule has 1 aliphatic carbocycles. The molecule has 2 aromatic carbocycles. The van der Waals surface area contributed by atoms with E-state index in [0.29, 0.717) is 19.4 Å². The Morgan fingerprint density at radius 2 is 1.77 bits per heavy atom. The summed E-state index contributed by atoms with van der Waals surface area (Å²) in [5, 5.41) is 3.96. The Kier molecular flexibility index (Phi) is 7.06. The summed E-state index contributed by atoms with van der Waals surface area (Å²) in [5.41, 5.74) is 2.47. The molecule has 1 amide bonds. The van der Waals surface area contributed by atoms with Crippen molar-refractivity contribution in [2.75, 3.05) is 0 Å². The van der Waals surface area contributed by atoms with Crippen molar-refractivity contribution in [2.24, 2.45) is 5.92 Å². The fourth-order valence-electron chi connectivity index (χ4n) is 5.65. The van der Waals surface area contributed by atoms with Crippen LogP contribution < -0.4 is 11.0 Å². The number of rotatable bonds is 6. The third-order valence-electron chi connectivity index (χ3n) is 7.64. The zero-order valence-electron chi connectivity index (χ0n) is 21.4. The summed E-state index contributed by atoms with van der Waals surface area (Å²) in [4.78, 5) is 34.6. The molecule has 1 N–H and O–H groups in total. The van der Waals surface area contributed by atoms with Gasteiger partial charge in [-0.25, -0.2) is 13.6 Å². The van der Waals surface area contributed by atoms with E-state index in [1.807, 2.05) is 59.2 Å². The highest BCUT2D eigenvalue weighted by atomic mass is 35.5. The first-order chi connectivity index (χ1) is 19.4. The van der Waals surface area contributed by atoms with Gasteiger partial charge in [0.1, 0.15) is 5.69 Å². The number of nitrogens with zero attached hydrogens (tertiary/aromatic N) is 4. The summed E-state index contributed by atoms with van der Waals surface area (Å²) < 4.78 is 30.3. The Bertz CT molecular complexity index is 1780. The van der Waals surface area contributed by atoms with Crippen LogP contribution in [0.5, 0.6) is 0 Å². The highest BCUT2D eigenvalue weighted by molar-refractivity contribution is 6.30. The summed E-state index contributed by atoms with van der Waals surface area (Å²) in [6.45, 7) is 0.551. The van der Waals surface area contributed by atoms with Gasteiger partial charge < -0.3 is 5.32 Å². The molecule has 0 spiro atoms. The number of para-hydroxylation sites is 2. The van der Waals surface area contributed by atoms with Crippen molar-refractivity contribution < 1.29 is 13.6 Å². The molecule has 0 radical (unpaired) electrons. The van der Waals surface area contributed by atoms with Crippen molar-refractivity contribution >= 4 is 39.4 Å². The lowest BCUT2D eigenvalue weighted by Crippen LogP contribution is -2.39. The summed E-state index contributed by atoms with van der Waals surface area (Å²) >= 11 is 5.91. The number of imidazole rings is 1. The molecule has 40 heavy (non-hydrogen) atoms. The van der Waals surface area contributed by atoms with Gasteiger partial charge in [-0.3, -0.25) is 23.9 Å². The summed E-state index contributed by atoms with van der Waals surface area (Å²) in [7, 11) is 0. The summed E-state index contributed by atoms with van der Waals surface area (Å²) in [5.74, 6) is -0.367. The van der Waals surface area contributed by atoms with Gasteiger partial charge in [0.05, 0.1) is 32.8 Å². The number of hydrogen-bond donors (Lipinski definition) is 1. The maximum absolute atomic E-state index is 13.8. The molecule has 0 aliphatic heterocycles. The van der Waals surface area contributed by atoms with Gasteiger partial charge in [-0.15, -0.1) is 0 Å². The molecule has 0 unspecified atom stereocenters. The third kappa shape index (κ3) is 4.97. The van der Waals surface area contributed by atoms with E-state index in [-0.39, 0.29) is 28.2 Å². The monoisotopic (exact) mass is 561 g/mol. The van der Waals surface area contributed by atoms with Crippen molar-refractivity contribution in [1.29, 1.82) is 0 Å². The number of benzene rings is 2. The number of halogens is 3. The van der Waals surface area contributed by atoms with Crippen LogP contribution in [0.3, 0.4) is 0 Å². The topological polar surface area (TPSA) is 81.8 Å². The number of alkyl halides is 2. The SMILES string of the molecule is O=C(N[C@H]1CC[C@H](Cn2c(=O)n(-c3ccc4ncccc4c3)c3ccccc32)CC1)c1cc(Cl)cnc1C(F)F. The molecule has 204 valence electrons. The minimum Gasteiger partial charge on any atom is -0.349 e. The average molecular weight is 562 g/mol. The van der Waals surface area contributed by atoms with Crippen LogP contribution in [-0.4, -0.2) is 31.1 Å². The lowest BCUT2D eigenvalue weighted by molar-refractivity contribution is 0.0904. The number of aromatic nitrogens is 4. The summed E-state index contributed by atoms with van der Waals surface area (Å²) in [6, 6.07) is 18.5. The molecule has 10 heteroatoms. The van der Waals surface area contributed by atoms with Crippen LogP contribution in [0.25, 0.3) is 27.6 Å². The second-order valence-corrected chi connectivity index (χ2v) is 10.6. The number of amides is 1. The molecule has 1 saturated carbocycles. The van der Waals surface area contributed by atoms with Crippen LogP contribution >= 0.6 is 11.6 Å². The third-order valence-corrected chi connectivity index (χ3v) is 7.85. The van der Waals surface area contributed by atoms with E-state index in [1.165, 1.54) is 6.07 Å². The quantitative estimate of drug-likeness (QED) is 0.263. The van der Waals surface area contributed by atoms with Crippen molar-refractivity contribution in [2.45, 2.75) is 44.7 Å². The molecular weight excluding hydrogens is 536 g/mol.